The third kappa shape index (κ3) is 5.26. The van der Waals surface area contributed by atoms with Gasteiger partial charge in [-0.25, -0.2) is 4.98 Å². The first-order chi connectivity index (χ1) is 16.2. The van der Waals surface area contributed by atoms with Crippen LogP contribution in [0.2, 0.25) is 0 Å². The summed E-state index contributed by atoms with van der Waals surface area (Å²) >= 11 is 10.1. The summed E-state index contributed by atoms with van der Waals surface area (Å²) in [6.45, 7) is 1.82. The van der Waals surface area contributed by atoms with Crippen molar-refractivity contribution in [3.8, 4) is 5.75 Å². The number of nitro groups is 1. The van der Waals surface area contributed by atoms with Crippen molar-refractivity contribution < 1.29 is 9.66 Å². The molecule has 0 bridgehead atoms. The minimum absolute atomic E-state index is 0.107. The van der Waals surface area contributed by atoms with Crippen molar-refractivity contribution >= 4 is 70.6 Å². The molecule has 0 unspecified atom stereocenters. The van der Waals surface area contributed by atoms with Gasteiger partial charge >= 0.3 is 5.69 Å². The Bertz CT molecular complexity index is 1500. The molecule has 0 spiro atoms. The highest BCUT2D eigenvalue weighted by Gasteiger charge is 2.20. The number of ether oxygens (including phenoxy) is 1. The molecule has 0 atom stereocenters. The van der Waals surface area contributed by atoms with E-state index in [0.29, 0.717) is 26.8 Å². The molecule has 0 radical (unpaired) electrons. The zero-order chi connectivity index (χ0) is 24.4. The Morgan fingerprint density at radius 1 is 1.09 bits per heavy atom. The van der Waals surface area contributed by atoms with Gasteiger partial charge in [-0.1, -0.05) is 44.0 Å². The molecule has 11 heteroatoms. The van der Waals surface area contributed by atoms with Crippen LogP contribution in [0, 0.1) is 17.0 Å². The summed E-state index contributed by atoms with van der Waals surface area (Å²) in [4.78, 5) is 28.5. The Kier molecular flexibility index (Phi) is 7.24. The molecule has 34 heavy (non-hydrogen) atoms. The first kappa shape index (κ1) is 24.2. The molecule has 0 aliphatic heterocycles. The summed E-state index contributed by atoms with van der Waals surface area (Å²) in [6, 6.07) is 15.7. The second-order valence-electron chi connectivity index (χ2n) is 7.21. The Balaban J connectivity index is 1.67. The van der Waals surface area contributed by atoms with Crippen molar-refractivity contribution in [2.75, 3.05) is 0 Å². The standard InChI is InChI=1S/C23H15Br3N4O4/c1-13-28-20-7-6-17(25)10-18(20)23(31)29(13)27-11-15-8-19(26)22(21(9-15)30(32)33)34-12-14-2-4-16(24)5-3-14/h2-11H,12H2,1H3. The number of hydrogen-bond donors (Lipinski definition) is 0. The van der Waals surface area contributed by atoms with Crippen LogP contribution in [0.5, 0.6) is 5.75 Å². The molecule has 0 aliphatic rings. The SMILES string of the molecule is Cc1nc2ccc(Br)cc2c(=O)n1N=Cc1cc(Br)c(OCc2ccc(Br)cc2)c([N+](=O)[O-])c1. The lowest BCUT2D eigenvalue weighted by molar-refractivity contribution is -0.386. The van der Waals surface area contributed by atoms with Crippen LogP contribution in [0.25, 0.3) is 10.9 Å². The van der Waals surface area contributed by atoms with E-state index in [0.717, 1.165) is 19.2 Å². The highest BCUT2D eigenvalue weighted by atomic mass is 79.9. The maximum absolute atomic E-state index is 12.9. The summed E-state index contributed by atoms with van der Waals surface area (Å²) in [7, 11) is 0. The number of hydrogen-bond acceptors (Lipinski definition) is 6. The van der Waals surface area contributed by atoms with E-state index in [1.165, 1.54) is 12.3 Å². The van der Waals surface area contributed by atoms with Crippen LogP contribution in [0.1, 0.15) is 17.0 Å². The molecule has 0 aliphatic carbocycles. The molecule has 0 fully saturated rings. The van der Waals surface area contributed by atoms with Gasteiger partial charge in [-0.05, 0) is 64.8 Å². The van der Waals surface area contributed by atoms with E-state index in [4.69, 9.17) is 4.74 Å². The Hall–Kier alpha value is -2.89. The zero-order valence-corrected chi connectivity index (χ0v) is 22.3. The average Bonchev–Trinajstić information content (AvgIpc) is 2.79. The molecule has 0 saturated heterocycles. The van der Waals surface area contributed by atoms with E-state index in [9.17, 15) is 14.9 Å². The van der Waals surface area contributed by atoms with Gasteiger partial charge in [0.05, 0.1) is 26.5 Å². The number of aromatic nitrogens is 2. The first-order valence-electron chi connectivity index (χ1n) is 9.81. The summed E-state index contributed by atoms with van der Waals surface area (Å²) in [5, 5.41) is 16.4. The van der Waals surface area contributed by atoms with Gasteiger partial charge in [0.1, 0.15) is 12.4 Å². The summed E-state index contributed by atoms with van der Waals surface area (Å²) in [6.07, 6.45) is 1.37. The fourth-order valence-electron chi connectivity index (χ4n) is 3.21. The van der Waals surface area contributed by atoms with Gasteiger partial charge in [0.2, 0.25) is 5.75 Å². The maximum Gasteiger partial charge on any atom is 0.312 e. The van der Waals surface area contributed by atoms with Crippen molar-refractivity contribution in [2.24, 2.45) is 5.10 Å². The Morgan fingerprint density at radius 2 is 1.79 bits per heavy atom. The molecular weight excluding hydrogens is 636 g/mol. The van der Waals surface area contributed by atoms with Crippen LogP contribution in [-0.4, -0.2) is 20.8 Å². The van der Waals surface area contributed by atoms with Crippen molar-refractivity contribution in [1.29, 1.82) is 0 Å². The summed E-state index contributed by atoms with van der Waals surface area (Å²) in [5.74, 6) is 0.495. The molecule has 1 heterocycles. The second kappa shape index (κ2) is 10.2. The van der Waals surface area contributed by atoms with Crippen molar-refractivity contribution in [3.05, 3.63) is 105 Å². The highest BCUT2D eigenvalue weighted by molar-refractivity contribution is 9.11. The van der Waals surface area contributed by atoms with E-state index in [2.05, 4.69) is 57.9 Å². The number of benzene rings is 3. The molecule has 4 rings (SSSR count). The lowest BCUT2D eigenvalue weighted by Crippen LogP contribution is -2.20. The van der Waals surface area contributed by atoms with E-state index < -0.39 is 4.92 Å². The molecule has 0 amide bonds. The lowest BCUT2D eigenvalue weighted by Gasteiger charge is -2.10. The number of rotatable bonds is 6. The fourth-order valence-corrected chi connectivity index (χ4v) is 4.42. The van der Waals surface area contributed by atoms with Crippen molar-refractivity contribution in [1.82, 2.24) is 9.66 Å². The molecule has 0 N–H and O–H groups in total. The van der Waals surface area contributed by atoms with E-state index >= 15 is 0 Å². The third-order valence-corrected chi connectivity index (χ3v) is 6.44. The molecule has 8 nitrogen and oxygen atoms in total. The van der Waals surface area contributed by atoms with Gasteiger partial charge in [0, 0.05) is 20.6 Å². The van der Waals surface area contributed by atoms with Crippen LogP contribution in [0.15, 0.2) is 77.9 Å². The van der Waals surface area contributed by atoms with Crippen LogP contribution in [0.4, 0.5) is 5.69 Å². The maximum atomic E-state index is 12.9. The second-order valence-corrected chi connectivity index (χ2v) is 9.89. The van der Waals surface area contributed by atoms with Crippen LogP contribution >= 0.6 is 47.8 Å². The zero-order valence-electron chi connectivity index (χ0n) is 17.5. The predicted octanol–water partition coefficient (Wildman–Crippen LogP) is 6.36. The predicted molar refractivity (Wildman–Crippen MR) is 141 cm³/mol. The Morgan fingerprint density at radius 3 is 2.50 bits per heavy atom. The molecule has 1 aromatic heterocycles. The topological polar surface area (TPSA) is 99.6 Å². The minimum Gasteiger partial charge on any atom is -0.481 e. The minimum atomic E-state index is -0.522. The quantitative estimate of drug-likeness (QED) is 0.137. The van der Waals surface area contributed by atoms with Gasteiger partial charge in [-0.15, -0.1) is 0 Å². The summed E-state index contributed by atoms with van der Waals surface area (Å²) in [5.41, 5.74) is 1.26. The fraction of sp³-hybridized carbons (Fsp3) is 0.0870. The monoisotopic (exact) mass is 648 g/mol. The third-order valence-electron chi connectivity index (χ3n) is 4.83. The van der Waals surface area contributed by atoms with Crippen LogP contribution in [-0.2, 0) is 6.61 Å². The number of nitrogens with zero attached hydrogens (tertiary/aromatic N) is 4. The molecule has 3 aromatic carbocycles. The van der Waals surface area contributed by atoms with Gasteiger partial charge in [-0.3, -0.25) is 14.9 Å². The lowest BCUT2D eigenvalue weighted by atomic mass is 10.2. The number of aryl methyl sites for hydroxylation is 1. The van der Waals surface area contributed by atoms with Crippen molar-refractivity contribution in [2.45, 2.75) is 13.5 Å². The van der Waals surface area contributed by atoms with Crippen LogP contribution < -0.4 is 10.3 Å². The van der Waals surface area contributed by atoms with E-state index in [1.807, 2.05) is 24.3 Å². The average molecular weight is 651 g/mol. The Labute approximate surface area is 218 Å². The number of nitro benzene ring substituents is 1. The number of fused-ring (bicyclic) bond motifs is 1. The highest BCUT2D eigenvalue weighted by Crippen LogP contribution is 2.36. The van der Waals surface area contributed by atoms with E-state index in [-0.39, 0.29) is 23.6 Å². The van der Waals surface area contributed by atoms with Gasteiger partial charge in [-0.2, -0.15) is 9.78 Å². The van der Waals surface area contributed by atoms with Crippen molar-refractivity contribution in [3.63, 3.8) is 0 Å². The molecule has 0 saturated carbocycles. The molecule has 4 aromatic rings. The largest absolute Gasteiger partial charge is 0.481 e. The van der Waals surface area contributed by atoms with Gasteiger partial charge in [0.15, 0.2) is 0 Å². The first-order valence-corrected chi connectivity index (χ1v) is 12.2. The molecular formula is C23H15Br3N4O4. The van der Waals surface area contributed by atoms with Crippen LogP contribution in [0.3, 0.4) is 0 Å². The van der Waals surface area contributed by atoms with Gasteiger partial charge in [0.25, 0.3) is 5.56 Å². The number of halogens is 3. The van der Waals surface area contributed by atoms with Gasteiger partial charge < -0.3 is 4.74 Å². The van der Waals surface area contributed by atoms with E-state index in [1.54, 1.807) is 31.2 Å². The molecule has 172 valence electrons. The smallest absolute Gasteiger partial charge is 0.312 e. The normalized spacial score (nSPS) is 11.3. The summed E-state index contributed by atoms with van der Waals surface area (Å²) < 4.78 is 8.98.